The summed E-state index contributed by atoms with van der Waals surface area (Å²) in [6.45, 7) is 2.02. The van der Waals surface area contributed by atoms with Crippen molar-refractivity contribution in [2.24, 2.45) is 5.92 Å². The van der Waals surface area contributed by atoms with Gasteiger partial charge in [0.05, 0.1) is 0 Å². The molecule has 0 N–H and O–H groups in total. The van der Waals surface area contributed by atoms with Crippen LogP contribution in [0.15, 0.2) is 21.1 Å². The number of hydrogen-bond donors (Lipinski definition) is 0. The molecular formula is C12H12Br2O. The fraction of sp³-hybridized carbons (Fsp3) is 0.417. The Hall–Kier alpha value is -0.150. The van der Waals surface area contributed by atoms with Crippen molar-refractivity contribution in [2.45, 2.75) is 26.2 Å². The summed E-state index contributed by atoms with van der Waals surface area (Å²) in [5.41, 5.74) is 1.95. The topological polar surface area (TPSA) is 17.1 Å². The maximum atomic E-state index is 11.9. The molecule has 3 heteroatoms. The molecule has 0 saturated heterocycles. The molecule has 0 unspecified atom stereocenters. The lowest BCUT2D eigenvalue weighted by atomic mass is 10.0. The Bertz CT molecular complexity index is 408. The van der Waals surface area contributed by atoms with Crippen molar-refractivity contribution >= 4 is 37.6 Å². The van der Waals surface area contributed by atoms with Crippen LogP contribution in [-0.2, 0) is 0 Å². The number of halogens is 2. The third-order valence-corrected chi connectivity index (χ3v) is 4.23. The van der Waals surface area contributed by atoms with Gasteiger partial charge in [-0.1, -0.05) is 31.9 Å². The van der Waals surface area contributed by atoms with Crippen molar-refractivity contribution < 1.29 is 4.79 Å². The zero-order valence-electron chi connectivity index (χ0n) is 8.52. The average Bonchev–Trinajstić information content (AvgIpc) is 2.95. The zero-order chi connectivity index (χ0) is 11.0. The fourth-order valence-corrected chi connectivity index (χ4v) is 2.58. The van der Waals surface area contributed by atoms with Gasteiger partial charge in [-0.3, -0.25) is 4.79 Å². The van der Waals surface area contributed by atoms with E-state index in [1.54, 1.807) is 0 Å². The van der Waals surface area contributed by atoms with Gasteiger partial charge in [0.1, 0.15) is 0 Å². The van der Waals surface area contributed by atoms with Gasteiger partial charge in [0.2, 0.25) is 0 Å². The van der Waals surface area contributed by atoms with Crippen molar-refractivity contribution in [2.75, 3.05) is 0 Å². The van der Waals surface area contributed by atoms with E-state index < -0.39 is 0 Å². The Kier molecular flexibility index (Phi) is 3.31. The molecule has 1 nitrogen and oxygen atoms in total. The SMILES string of the molecule is Cc1cc(Br)c(C(=O)CC2CC2)cc1Br. The van der Waals surface area contributed by atoms with Gasteiger partial charge in [0.25, 0.3) is 0 Å². The first kappa shape index (κ1) is 11.3. The highest BCUT2D eigenvalue weighted by molar-refractivity contribution is 9.11. The average molecular weight is 332 g/mol. The largest absolute Gasteiger partial charge is 0.294 e. The number of ketones is 1. The van der Waals surface area contributed by atoms with Crippen LogP contribution in [0.4, 0.5) is 0 Å². The highest BCUT2D eigenvalue weighted by Gasteiger charge is 2.25. The lowest BCUT2D eigenvalue weighted by Crippen LogP contribution is -2.01. The summed E-state index contributed by atoms with van der Waals surface area (Å²) >= 11 is 6.91. The van der Waals surface area contributed by atoms with E-state index >= 15 is 0 Å². The first-order chi connectivity index (χ1) is 7.08. The van der Waals surface area contributed by atoms with Crippen LogP contribution in [0, 0.1) is 12.8 Å². The summed E-state index contributed by atoms with van der Waals surface area (Å²) in [5.74, 6) is 0.898. The van der Waals surface area contributed by atoms with E-state index in [2.05, 4.69) is 31.9 Å². The first-order valence-corrected chi connectivity index (χ1v) is 6.65. The molecule has 15 heavy (non-hydrogen) atoms. The van der Waals surface area contributed by atoms with Crippen LogP contribution in [0.25, 0.3) is 0 Å². The van der Waals surface area contributed by atoms with Crippen LogP contribution in [0.3, 0.4) is 0 Å². The normalized spacial score (nSPS) is 15.4. The summed E-state index contributed by atoms with van der Waals surface area (Å²) < 4.78 is 1.92. The lowest BCUT2D eigenvalue weighted by molar-refractivity contribution is 0.0975. The molecule has 0 radical (unpaired) electrons. The number of carbonyl (C=O) groups is 1. The van der Waals surface area contributed by atoms with E-state index in [-0.39, 0.29) is 5.78 Å². The molecule has 80 valence electrons. The zero-order valence-corrected chi connectivity index (χ0v) is 11.7. The molecule has 0 aromatic heterocycles. The standard InChI is InChI=1S/C12H12Br2O/c1-7-4-11(14)9(6-10(7)13)12(15)5-8-2-3-8/h4,6,8H,2-3,5H2,1H3. The quantitative estimate of drug-likeness (QED) is 0.745. The molecule has 0 atom stereocenters. The number of Topliss-reactive ketones (excluding diaryl/α,β-unsaturated/α-hetero) is 1. The van der Waals surface area contributed by atoms with Gasteiger partial charge in [0, 0.05) is 20.9 Å². The third kappa shape index (κ3) is 2.70. The highest BCUT2D eigenvalue weighted by Crippen LogP contribution is 2.35. The summed E-state index contributed by atoms with van der Waals surface area (Å²) in [6.07, 6.45) is 3.14. The highest BCUT2D eigenvalue weighted by atomic mass is 79.9. The van der Waals surface area contributed by atoms with Gasteiger partial charge in [-0.2, -0.15) is 0 Å². The fourth-order valence-electron chi connectivity index (χ4n) is 1.55. The third-order valence-electron chi connectivity index (χ3n) is 2.72. The number of benzene rings is 1. The Morgan fingerprint density at radius 1 is 1.33 bits per heavy atom. The summed E-state index contributed by atoms with van der Waals surface area (Å²) in [6, 6.07) is 3.91. The summed E-state index contributed by atoms with van der Waals surface area (Å²) in [7, 11) is 0. The van der Waals surface area contributed by atoms with Crippen molar-refractivity contribution in [3.8, 4) is 0 Å². The van der Waals surface area contributed by atoms with Crippen LogP contribution in [0.2, 0.25) is 0 Å². The maximum absolute atomic E-state index is 11.9. The molecule has 1 aromatic rings. The first-order valence-electron chi connectivity index (χ1n) is 5.07. The Balaban J connectivity index is 2.25. The van der Waals surface area contributed by atoms with Crippen molar-refractivity contribution in [1.82, 2.24) is 0 Å². The van der Waals surface area contributed by atoms with Gasteiger partial charge >= 0.3 is 0 Å². The summed E-state index contributed by atoms with van der Waals surface area (Å²) in [5, 5.41) is 0. The minimum atomic E-state index is 0.255. The van der Waals surface area contributed by atoms with E-state index in [0.29, 0.717) is 12.3 Å². The molecule has 2 rings (SSSR count). The van der Waals surface area contributed by atoms with E-state index in [1.807, 2.05) is 19.1 Å². The summed E-state index contributed by atoms with van der Waals surface area (Å²) in [4.78, 5) is 11.9. The Morgan fingerprint density at radius 3 is 2.60 bits per heavy atom. The van der Waals surface area contributed by atoms with Crippen LogP contribution >= 0.6 is 31.9 Å². The van der Waals surface area contributed by atoms with Gasteiger partial charge in [0.15, 0.2) is 5.78 Å². The van der Waals surface area contributed by atoms with Crippen LogP contribution in [0.5, 0.6) is 0 Å². The van der Waals surface area contributed by atoms with E-state index in [1.165, 1.54) is 12.8 Å². The van der Waals surface area contributed by atoms with Crippen LogP contribution < -0.4 is 0 Å². The van der Waals surface area contributed by atoms with Gasteiger partial charge in [-0.25, -0.2) is 0 Å². The minimum Gasteiger partial charge on any atom is -0.294 e. The second-order valence-corrected chi connectivity index (χ2v) is 5.86. The molecule has 0 amide bonds. The number of rotatable bonds is 3. The van der Waals surface area contributed by atoms with Crippen molar-refractivity contribution in [3.05, 3.63) is 32.2 Å². The van der Waals surface area contributed by atoms with Crippen LogP contribution in [-0.4, -0.2) is 5.78 Å². The lowest BCUT2D eigenvalue weighted by Gasteiger charge is -2.06. The van der Waals surface area contributed by atoms with Gasteiger partial charge in [-0.15, -0.1) is 0 Å². The number of aryl methyl sites for hydroxylation is 1. The smallest absolute Gasteiger partial charge is 0.164 e. The molecular weight excluding hydrogens is 320 g/mol. The second kappa shape index (κ2) is 4.38. The molecule has 1 aliphatic rings. The van der Waals surface area contributed by atoms with E-state index in [0.717, 1.165) is 20.1 Å². The Morgan fingerprint density at radius 2 is 2.00 bits per heavy atom. The molecule has 0 spiro atoms. The van der Waals surface area contributed by atoms with Crippen LogP contribution in [0.1, 0.15) is 35.2 Å². The Labute approximate surface area is 107 Å². The minimum absolute atomic E-state index is 0.255. The molecule has 1 aromatic carbocycles. The number of hydrogen-bond acceptors (Lipinski definition) is 1. The molecule has 1 aliphatic carbocycles. The van der Waals surface area contributed by atoms with Gasteiger partial charge < -0.3 is 0 Å². The maximum Gasteiger partial charge on any atom is 0.164 e. The van der Waals surface area contributed by atoms with E-state index in [4.69, 9.17) is 0 Å². The predicted molar refractivity (Wildman–Crippen MR) is 68.3 cm³/mol. The van der Waals surface area contributed by atoms with Gasteiger partial charge in [-0.05, 0) is 43.4 Å². The monoisotopic (exact) mass is 330 g/mol. The molecule has 0 aliphatic heterocycles. The molecule has 1 saturated carbocycles. The number of carbonyl (C=O) groups excluding carboxylic acids is 1. The van der Waals surface area contributed by atoms with E-state index in [9.17, 15) is 4.79 Å². The van der Waals surface area contributed by atoms with Crippen molar-refractivity contribution in [1.29, 1.82) is 0 Å². The molecule has 1 fully saturated rings. The second-order valence-electron chi connectivity index (χ2n) is 4.15. The molecule has 0 heterocycles. The predicted octanol–water partition coefficient (Wildman–Crippen LogP) is 4.50. The molecule has 0 bridgehead atoms. The van der Waals surface area contributed by atoms with Crippen molar-refractivity contribution in [3.63, 3.8) is 0 Å².